The van der Waals surface area contributed by atoms with E-state index in [-0.39, 0.29) is 17.8 Å². The molecule has 0 N–H and O–H groups in total. The first-order valence-corrected chi connectivity index (χ1v) is 9.49. The summed E-state index contributed by atoms with van der Waals surface area (Å²) in [5.74, 6) is 0.405. The number of rotatable bonds is 4. The highest BCUT2D eigenvalue weighted by molar-refractivity contribution is 5.94. The minimum absolute atomic E-state index is 0.0695. The van der Waals surface area contributed by atoms with Gasteiger partial charge < -0.3 is 9.80 Å². The van der Waals surface area contributed by atoms with Crippen molar-refractivity contribution in [1.82, 2.24) is 34.5 Å². The molecule has 0 saturated carbocycles. The van der Waals surface area contributed by atoms with E-state index in [1.54, 1.807) is 52.7 Å². The van der Waals surface area contributed by atoms with E-state index in [0.717, 1.165) is 11.4 Å². The largest absolute Gasteiger partial charge is 0.351 e. The molecule has 1 amide bonds. The van der Waals surface area contributed by atoms with Crippen molar-refractivity contribution in [2.75, 3.05) is 25.0 Å². The van der Waals surface area contributed by atoms with Crippen molar-refractivity contribution in [2.45, 2.75) is 6.04 Å². The number of fused-ring (bicyclic) bond motifs is 1. The number of carbonyl (C=O) groups is 1. The summed E-state index contributed by atoms with van der Waals surface area (Å²) in [5, 5.41) is 16.7. The van der Waals surface area contributed by atoms with E-state index in [9.17, 15) is 9.18 Å². The first-order valence-electron chi connectivity index (χ1n) is 9.49. The number of aryl methyl sites for hydroxylation is 1. The number of nitrogens with zero attached hydrogens (tertiary/aromatic N) is 8. The maximum atomic E-state index is 13.2. The van der Waals surface area contributed by atoms with Crippen LogP contribution in [0, 0.1) is 5.82 Å². The zero-order chi connectivity index (χ0) is 20.8. The average Bonchev–Trinajstić information content (AvgIpc) is 3.33. The molecule has 0 radical (unpaired) electrons. The van der Waals surface area contributed by atoms with Gasteiger partial charge in [-0.3, -0.25) is 9.48 Å². The molecule has 4 heterocycles. The highest BCUT2D eigenvalue weighted by atomic mass is 19.1. The van der Waals surface area contributed by atoms with Crippen LogP contribution in [0.1, 0.15) is 10.5 Å². The smallest absolute Gasteiger partial charge is 0.272 e. The predicted molar refractivity (Wildman–Crippen MR) is 107 cm³/mol. The third-order valence-corrected chi connectivity index (χ3v) is 5.44. The second-order valence-electron chi connectivity index (χ2n) is 7.35. The normalized spacial score (nSPS) is 14.2. The van der Waals surface area contributed by atoms with Gasteiger partial charge in [0.25, 0.3) is 5.91 Å². The van der Waals surface area contributed by atoms with Crippen molar-refractivity contribution in [2.24, 2.45) is 7.05 Å². The molecule has 1 aliphatic heterocycles. The minimum atomic E-state index is -0.307. The Hall–Kier alpha value is -3.82. The Labute approximate surface area is 171 Å². The summed E-state index contributed by atoms with van der Waals surface area (Å²) < 4.78 is 16.4. The Kier molecular flexibility index (Phi) is 4.19. The molecule has 1 saturated heterocycles. The van der Waals surface area contributed by atoms with Gasteiger partial charge in [-0.2, -0.15) is 9.61 Å². The van der Waals surface area contributed by atoms with Gasteiger partial charge in [0, 0.05) is 32.7 Å². The minimum Gasteiger partial charge on any atom is -0.351 e. The van der Waals surface area contributed by atoms with Crippen molar-refractivity contribution in [3.63, 3.8) is 0 Å². The molecule has 0 spiro atoms. The van der Waals surface area contributed by atoms with Crippen molar-refractivity contribution >= 4 is 17.4 Å². The fourth-order valence-electron chi connectivity index (χ4n) is 3.55. The summed E-state index contributed by atoms with van der Waals surface area (Å²) in [7, 11) is 3.53. The molecule has 4 aromatic rings. The van der Waals surface area contributed by atoms with Gasteiger partial charge in [0.15, 0.2) is 5.65 Å². The lowest BCUT2D eigenvalue weighted by Gasteiger charge is -2.44. The van der Waals surface area contributed by atoms with Gasteiger partial charge in [-0.05, 0) is 42.5 Å². The zero-order valence-corrected chi connectivity index (χ0v) is 16.5. The van der Waals surface area contributed by atoms with Gasteiger partial charge in [-0.25, -0.2) is 4.39 Å². The van der Waals surface area contributed by atoms with E-state index in [1.807, 2.05) is 12.1 Å². The lowest BCUT2D eigenvalue weighted by atomic mass is 10.1. The molecular formula is C20H19FN8O. The maximum Gasteiger partial charge on any atom is 0.272 e. The summed E-state index contributed by atoms with van der Waals surface area (Å²) in [5.41, 5.74) is 2.57. The van der Waals surface area contributed by atoms with Gasteiger partial charge in [0.05, 0.1) is 11.7 Å². The number of aromatic nitrogens is 6. The SMILES string of the molecule is CN(C(=O)c1cc(-c2ccc(F)cc2)nn1C)C1CN(c2ccc3nncn3n2)C1. The number of hydrogen-bond donors (Lipinski definition) is 0. The van der Waals surface area contributed by atoms with Crippen LogP contribution in [0.15, 0.2) is 48.8 Å². The molecule has 0 atom stereocenters. The van der Waals surface area contributed by atoms with E-state index in [0.29, 0.717) is 30.1 Å². The molecule has 1 fully saturated rings. The third kappa shape index (κ3) is 3.06. The Morgan fingerprint density at radius 1 is 1.13 bits per heavy atom. The third-order valence-electron chi connectivity index (χ3n) is 5.44. The Balaban J connectivity index is 1.28. The van der Waals surface area contributed by atoms with Crippen LogP contribution in [0.5, 0.6) is 0 Å². The highest BCUT2D eigenvalue weighted by Crippen LogP contribution is 2.24. The van der Waals surface area contributed by atoms with E-state index >= 15 is 0 Å². The Bertz CT molecular complexity index is 1230. The topological polar surface area (TPSA) is 84.5 Å². The number of amides is 1. The number of likely N-dealkylation sites (N-methyl/N-ethyl adjacent to an activating group) is 1. The molecule has 152 valence electrons. The van der Waals surface area contributed by atoms with E-state index < -0.39 is 0 Å². The van der Waals surface area contributed by atoms with E-state index in [1.165, 1.54) is 12.1 Å². The van der Waals surface area contributed by atoms with Crippen molar-refractivity contribution in [3.05, 3.63) is 60.3 Å². The number of anilines is 1. The van der Waals surface area contributed by atoms with Crippen LogP contribution in [0.3, 0.4) is 0 Å². The van der Waals surface area contributed by atoms with Crippen LogP contribution in [0.2, 0.25) is 0 Å². The van der Waals surface area contributed by atoms with E-state index in [4.69, 9.17) is 0 Å². The average molecular weight is 406 g/mol. The number of halogens is 1. The van der Waals surface area contributed by atoms with Crippen LogP contribution in [-0.4, -0.2) is 66.6 Å². The Morgan fingerprint density at radius 3 is 2.67 bits per heavy atom. The first-order chi connectivity index (χ1) is 14.5. The molecule has 5 rings (SSSR count). The summed E-state index contributed by atoms with van der Waals surface area (Å²) in [6.07, 6.45) is 1.56. The standard InChI is InChI=1S/C20H19FN8O/c1-26(15-10-28(11-15)19-8-7-18-23-22-12-29(18)25-19)20(30)17-9-16(24-27(17)2)13-3-5-14(21)6-4-13/h3-9,12,15H,10-11H2,1-2H3. The monoisotopic (exact) mass is 406 g/mol. The van der Waals surface area contributed by atoms with Crippen molar-refractivity contribution in [3.8, 4) is 11.3 Å². The van der Waals surface area contributed by atoms with Crippen molar-refractivity contribution in [1.29, 1.82) is 0 Å². The number of benzene rings is 1. The fraction of sp³-hybridized carbons (Fsp3) is 0.250. The van der Waals surface area contributed by atoms with Crippen LogP contribution < -0.4 is 4.90 Å². The summed E-state index contributed by atoms with van der Waals surface area (Å²) in [6.45, 7) is 1.37. The zero-order valence-electron chi connectivity index (χ0n) is 16.5. The maximum absolute atomic E-state index is 13.2. The van der Waals surface area contributed by atoms with Crippen molar-refractivity contribution < 1.29 is 9.18 Å². The van der Waals surface area contributed by atoms with Crippen LogP contribution in [0.4, 0.5) is 10.2 Å². The second-order valence-corrected chi connectivity index (χ2v) is 7.35. The molecule has 3 aromatic heterocycles. The molecule has 10 heteroatoms. The lowest BCUT2D eigenvalue weighted by molar-refractivity contribution is 0.0694. The summed E-state index contributed by atoms with van der Waals surface area (Å²) in [6, 6.07) is 11.6. The van der Waals surface area contributed by atoms with Crippen LogP contribution >= 0.6 is 0 Å². The van der Waals surface area contributed by atoms with Gasteiger partial charge in [-0.1, -0.05) is 0 Å². The molecule has 30 heavy (non-hydrogen) atoms. The predicted octanol–water partition coefficient (Wildman–Crippen LogP) is 1.62. The summed E-state index contributed by atoms with van der Waals surface area (Å²) in [4.78, 5) is 16.9. The summed E-state index contributed by atoms with van der Waals surface area (Å²) >= 11 is 0. The van der Waals surface area contributed by atoms with Crippen LogP contribution in [-0.2, 0) is 7.05 Å². The molecular weight excluding hydrogens is 387 g/mol. The van der Waals surface area contributed by atoms with Gasteiger partial charge in [0.1, 0.15) is 23.7 Å². The number of carbonyl (C=O) groups excluding carboxylic acids is 1. The molecule has 1 aliphatic rings. The fourth-order valence-corrected chi connectivity index (χ4v) is 3.55. The van der Waals surface area contributed by atoms with Gasteiger partial charge >= 0.3 is 0 Å². The Morgan fingerprint density at radius 2 is 1.90 bits per heavy atom. The quantitative estimate of drug-likeness (QED) is 0.512. The number of hydrogen-bond acceptors (Lipinski definition) is 6. The second kappa shape index (κ2) is 6.90. The van der Waals surface area contributed by atoms with Crippen LogP contribution in [0.25, 0.3) is 16.9 Å². The molecule has 0 unspecified atom stereocenters. The highest BCUT2D eigenvalue weighted by Gasteiger charge is 2.34. The van der Waals surface area contributed by atoms with Gasteiger partial charge in [0.2, 0.25) is 0 Å². The first kappa shape index (κ1) is 18.2. The van der Waals surface area contributed by atoms with E-state index in [2.05, 4.69) is 25.3 Å². The van der Waals surface area contributed by atoms with Gasteiger partial charge in [-0.15, -0.1) is 15.3 Å². The molecule has 9 nitrogen and oxygen atoms in total. The molecule has 1 aromatic carbocycles. The lowest BCUT2D eigenvalue weighted by Crippen LogP contribution is -2.60. The molecule has 0 bridgehead atoms. The molecule has 0 aliphatic carbocycles.